The molecule has 6 heterocycles. The maximum Gasteiger partial charge on any atom is 0.344 e. The van der Waals surface area contributed by atoms with E-state index >= 15 is 4.79 Å². The van der Waals surface area contributed by atoms with Crippen molar-refractivity contribution >= 4 is 40.4 Å². The van der Waals surface area contributed by atoms with Crippen LogP contribution >= 0.6 is 0 Å². The minimum absolute atomic E-state index is 0.115. The van der Waals surface area contributed by atoms with Gasteiger partial charge in [0.2, 0.25) is 5.60 Å². The molecule has 3 fully saturated rings. The molecule has 10 atom stereocenters. The number of fused-ring (bicyclic) bond motifs is 6. The van der Waals surface area contributed by atoms with E-state index in [2.05, 4.69) is 58.2 Å². The van der Waals surface area contributed by atoms with Gasteiger partial charge in [0.05, 0.1) is 32.9 Å². The van der Waals surface area contributed by atoms with Gasteiger partial charge < -0.3 is 44.2 Å². The van der Waals surface area contributed by atoms with E-state index in [1.54, 1.807) is 7.11 Å². The van der Waals surface area contributed by atoms with Gasteiger partial charge in [-0.25, -0.2) is 4.79 Å². The first-order valence-electron chi connectivity index (χ1n) is 25.3. The topological polar surface area (TPSA) is 163 Å². The van der Waals surface area contributed by atoms with E-state index in [0.29, 0.717) is 88.1 Å². The Hall–Kier alpha value is -5.70. The number of para-hydroxylation sites is 1. The van der Waals surface area contributed by atoms with Gasteiger partial charge in [0.1, 0.15) is 11.2 Å². The van der Waals surface area contributed by atoms with Crippen LogP contribution in [0, 0.1) is 11.3 Å². The average molecular weight is 956 g/mol. The lowest BCUT2D eigenvalue weighted by atomic mass is 9.47. The Morgan fingerprint density at radius 1 is 0.900 bits per heavy atom. The first-order chi connectivity index (χ1) is 33.6. The van der Waals surface area contributed by atoms with Gasteiger partial charge in [-0.15, -0.1) is 0 Å². The molecule has 1 amide bonds. The number of aromatic nitrogens is 1. The molecular weight excluding hydrogens is 887 g/mol. The van der Waals surface area contributed by atoms with Crippen LogP contribution in [0.3, 0.4) is 0 Å². The summed E-state index contributed by atoms with van der Waals surface area (Å²) in [6.45, 7) is 10.9. The van der Waals surface area contributed by atoms with E-state index in [1.807, 2.05) is 67.4 Å². The Labute approximate surface area is 411 Å². The molecule has 1 aliphatic carbocycles. The van der Waals surface area contributed by atoms with Crippen molar-refractivity contribution in [2.75, 3.05) is 66.0 Å². The Morgan fingerprint density at radius 3 is 2.34 bits per heavy atom. The summed E-state index contributed by atoms with van der Waals surface area (Å²) in [4.78, 5) is 68.4. The smallest absolute Gasteiger partial charge is 0.344 e. The standard InChI is InChI=1S/C56H69N5O9/c1-9-15-35-18-20-37(21-19-35)46(63)58-52(10-2)30-36-31-55(50(64)68-7,45-39(22-26-60(32-36)33-52)38-16-12-13-17-42(38)57-45)41-28-40-43(29-44(41)67-6)59(5)48-54(40)24-27-61-25-14-23-53(11-3,47(54)61)49(70-34(4)62)56(48,66)51(65)69-8/h12-14,16-21,23,28-29,36,47-49,57,66H,9-11,15,22,24-27,30-33H2,1-8H3,(H,58,63)/t36-,47+,48-,49-,52+,53-,54-,55+,56+/m1/s1. The number of aryl methyl sites for hydroxylation is 1. The van der Waals surface area contributed by atoms with Crippen LogP contribution in [0.5, 0.6) is 5.75 Å². The summed E-state index contributed by atoms with van der Waals surface area (Å²) in [6, 6.07) is 18.9. The van der Waals surface area contributed by atoms with Crippen LogP contribution in [-0.2, 0) is 52.3 Å². The van der Waals surface area contributed by atoms with Gasteiger partial charge in [-0.2, -0.15) is 0 Å². The van der Waals surface area contributed by atoms with Crippen LogP contribution in [0.25, 0.3) is 10.9 Å². The number of benzene rings is 3. The monoisotopic (exact) mass is 956 g/mol. The van der Waals surface area contributed by atoms with E-state index in [9.17, 15) is 19.5 Å². The van der Waals surface area contributed by atoms with E-state index in [1.165, 1.54) is 26.7 Å². The Bertz CT molecular complexity index is 2770. The number of rotatable bonds is 11. The highest BCUT2D eigenvalue weighted by Gasteiger charge is 2.80. The molecule has 70 heavy (non-hydrogen) atoms. The number of anilines is 1. The number of aliphatic hydroxyl groups is 1. The van der Waals surface area contributed by atoms with E-state index < -0.39 is 57.4 Å². The quantitative estimate of drug-likeness (QED) is 0.0866. The normalized spacial score (nSPS) is 32.9. The summed E-state index contributed by atoms with van der Waals surface area (Å²) in [5, 5.41) is 18.1. The Morgan fingerprint density at radius 2 is 1.66 bits per heavy atom. The number of carbonyl (C=O) groups is 4. The highest BCUT2D eigenvalue weighted by atomic mass is 16.6. The van der Waals surface area contributed by atoms with Crippen LogP contribution in [0.15, 0.2) is 72.8 Å². The van der Waals surface area contributed by atoms with Crippen LogP contribution in [0.2, 0.25) is 0 Å². The maximum absolute atomic E-state index is 15.8. The summed E-state index contributed by atoms with van der Waals surface area (Å²) < 4.78 is 24.3. The predicted octanol–water partition coefficient (Wildman–Crippen LogP) is 6.38. The van der Waals surface area contributed by atoms with Crippen molar-refractivity contribution in [1.29, 1.82) is 0 Å². The van der Waals surface area contributed by atoms with Gasteiger partial charge in [0.15, 0.2) is 6.10 Å². The van der Waals surface area contributed by atoms with Crippen molar-refractivity contribution in [3.63, 3.8) is 0 Å². The molecule has 0 radical (unpaired) electrons. The summed E-state index contributed by atoms with van der Waals surface area (Å²) >= 11 is 0. The zero-order valence-corrected chi connectivity index (χ0v) is 42.0. The highest BCUT2D eigenvalue weighted by Crippen LogP contribution is 2.68. The fourth-order valence-electron chi connectivity index (χ4n) is 15.1. The second-order valence-corrected chi connectivity index (χ2v) is 21.2. The minimum Gasteiger partial charge on any atom is -0.496 e. The van der Waals surface area contributed by atoms with Crippen molar-refractivity contribution in [1.82, 2.24) is 20.1 Å². The number of carbonyl (C=O) groups excluding carboxylic acids is 4. The number of nitrogens with one attached hydrogen (secondary N) is 2. The lowest BCUT2D eigenvalue weighted by Gasteiger charge is -2.63. The molecule has 3 N–H and O–H groups in total. The summed E-state index contributed by atoms with van der Waals surface area (Å²) in [5.74, 6) is -1.73. The van der Waals surface area contributed by atoms with Crippen molar-refractivity contribution in [3.05, 3.63) is 106 Å². The van der Waals surface area contributed by atoms with Gasteiger partial charge in [0.25, 0.3) is 5.91 Å². The first kappa shape index (κ1) is 48.0. The number of nitrogens with zero attached hydrogens (tertiary/aromatic N) is 3. The van der Waals surface area contributed by atoms with Gasteiger partial charge in [0, 0.05) is 96.5 Å². The van der Waals surface area contributed by atoms with Crippen LogP contribution in [-0.4, -0.2) is 134 Å². The predicted molar refractivity (Wildman–Crippen MR) is 266 cm³/mol. The second kappa shape index (κ2) is 17.6. The third-order valence-electron chi connectivity index (χ3n) is 17.8. The van der Waals surface area contributed by atoms with Crippen LogP contribution < -0.4 is 15.0 Å². The van der Waals surface area contributed by atoms with Crippen molar-refractivity contribution in [2.45, 2.75) is 119 Å². The molecule has 1 spiro atoms. The maximum atomic E-state index is 15.8. The molecular formula is C56H69N5O9. The highest BCUT2D eigenvalue weighted by molar-refractivity contribution is 5.96. The van der Waals surface area contributed by atoms with E-state index in [-0.39, 0.29) is 17.9 Å². The van der Waals surface area contributed by atoms with E-state index in [4.69, 9.17) is 18.9 Å². The molecule has 14 nitrogen and oxygen atoms in total. The zero-order valence-electron chi connectivity index (χ0n) is 42.0. The van der Waals surface area contributed by atoms with Gasteiger partial charge in [-0.3, -0.25) is 19.3 Å². The molecule has 2 bridgehead atoms. The molecule has 1 aromatic heterocycles. The van der Waals surface area contributed by atoms with Gasteiger partial charge in [-0.1, -0.05) is 69.7 Å². The Balaban J connectivity index is 1.19. The number of piperidine rings is 1. The van der Waals surface area contributed by atoms with Gasteiger partial charge >= 0.3 is 17.9 Å². The molecule has 4 aromatic rings. The van der Waals surface area contributed by atoms with Crippen molar-refractivity contribution in [3.8, 4) is 5.75 Å². The number of esters is 3. The summed E-state index contributed by atoms with van der Waals surface area (Å²) in [6.07, 6.45) is 8.04. The zero-order chi connectivity index (χ0) is 49.5. The number of aromatic amines is 1. The molecule has 372 valence electrons. The third-order valence-corrected chi connectivity index (χ3v) is 17.8. The lowest BCUT2D eigenvalue weighted by Crippen LogP contribution is -2.81. The van der Waals surface area contributed by atoms with Crippen molar-refractivity contribution in [2.24, 2.45) is 11.3 Å². The fraction of sp³-hybridized carbons (Fsp3) is 0.536. The molecule has 10 rings (SSSR count). The first-order valence-corrected chi connectivity index (χ1v) is 25.3. The van der Waals surface area contributed by atoms with Crippen LogP contribution in [0.4, 0.5) is 5.69 Å². The third kappa shape index (κ3) is 6.75. The summed E-state index contributed by atoms with van der Waals surface area (Å²) in [7, 11) is 6.19. The number of hydrogen-bond donors (Lipinski definition) is 3. The average Bonchev–Trinajstić information content (AvgIpc) is 4.03. The number of ether oxygens (including phenoxy) is 4. The Kier molecular flexibility index (Phi) is 12.0. The minimum atomic E-state index is -2.33. The largest absolute Gasteiger partial charge is 0.496 e. The molecule has 6 aliphatic rings. The van der Waals surface area contributed by atoms with E-state index in [0.717, 1.165) is 46.3 Å². The summed E-state index contributed by atoms with van der Waals surface area (Å²) in [5.41, 5.74) is 0.326. The molecule has 3 aromatic carbocycles. The molecule has 2 saturated heterocycles. The number of amides is 1. The molecule has 1 saturated carbocycles. The second-order valence-electron chi connectivity index (χ2n) is 21.2. The molecule has 5 aliphatic heterocycles. The molecule has 1 unspecified atom stereocenters. The van der Waals surface area contributed by atoms with Crippen LogP contribution in [0.1, 0.15) is 105 Å². The SMILES string of the molecule is CCCc1ccc(C(=O)N[C@@]2(CC)C[C@H]3CN(CCc4c([nH]c5ccccc45)[C@@](C(=O)OC)(c4cc5c(cc4OC)N(C)[C@H]4[C@@](O)(C(=O)OC)[C@H](OC(C)=O)[C@]6(CC)C=CCN7CC[C@]54[C@@H]76)C3)C2)cc1. The number of H-pyrrole nitrogens is 1. The lowest BCUT2D eigenvalue weighted by molar-refractivity contribution is -0.228. The number of likely N-dealkylation sites (N-methyl/N-ethyl adjacent to an activating group) is 1. The molecule has 14 heteroatoms. The van der Waals surface area contributed by atoms with Crippen molar-refractivity contribution < 1.29 is 43.2 Å². The fourth-order valence-corrected chi connectivity index (χ4v) is 15.1. The number of methoxy groups -OCH3 is 3. The van der Waals surface area contributed by atoms with Gasteiger partial charge in [-0.05, 0) is 98.4 Å². The number of hydrogen-bond acceptors (Lipinski definition) is 12.